The summed E-state index contributed by atoms with van der Waals surface area (Å²) >= 11 is 3.42. The Balaban J connectivity index is 1.51. The molecule has 1 aliphatic heterocycles. The number of carbonyl (C=O) groups excluding carboxylic acids is 1. The summed E-state index contributed by atoms with van der Waals surface area (Å²) in [6.45, 7) is 1.07. The van der Waals surface area contributed by atoms with E-state index < -0.39 is 0 Å². The van der Waals surface area contributed by atoms with E-state index in [2.05, 4.69) is 31.3 Å². The molecule has 8 heteroatoms. The zero-order chi connectivity index (χ0) is 18.6. The molecule has 0 spiro atoms. The van der Waals surface area contributed by atoms with Crippen molar-refractivity contribution in [3.63, 3.8) is 0 Å². The van der Waals surface area contributed by atoms with Crippen LogP contribution in [0.5, 0.6) is 11.5 Å². The summed E-state index contributed by atoms with van der Waals surface area (Å²) in [6, 6.07) is 11.1. The smallest absolute Gasteiger partial charge is 0.248 e. The van der Waals surface area contributed by atoms with E-state index in [1.807, 2.05) is 36.4 Å². The highest BCUT2D eigenvalue weighted by molar-refractivity contribution is 9.10. The minimum absolute atomic E-state index is 0.260. The van der Waals surface area contributed by atoms with Gasteiger partial charge in [0.2, 0.25) is 5.91 Å². The summed E-state index contributed by atoms with van der Waals surface area (Å²) in [4.78, 5) is 16.3. The fourth-order valence-electron chi connectivity index (χ4n) is 2.65. The van der Waals surface area contributed by atoms with Gasteiger partial charge in [0.15, 0.2) is 11.5 Å². The summed E-state index contributed by atoms with van der Waals surface area (Å²) in [6.07, 6.45) is 6.21. The number of halogens is 1. The number of ether oxygens (including phenoxy) is 2. The molecular weight excluding hydrogens is 412 g/mol. The summed E-state index contributed by atoms with van der Waals surface area (Å²) < 4.78 is 13.5. The topological polar surface area (TPSA) is 78.3 Å². The average Bonchev–Trinajstić information content (AvgIpc) is 3.21. The lowest BCUT2D eigenvalue weighted by Gasteiger charge is -2.18. The Morgan fingerprint density at radius 2 is 2.00 bits per heavy atom. The molecule has 0 atom stereocenters. The van der Waals surface area contributed by atoms with Gasteiger partial charge in [0.1, 0.15) is 25.9 Å². The number of nitrogens with zero attached hydrogens (tertiary/aromatic N) is 3. The predicted molar refractivity (Wildman–Crippen MR) is 104 cm³/mol. The first-order valence-electron chi connectivity index (χ1n) is 8.22. The van der Waals surface area contributed by atoms with Crippen molar-refractivity contribution in [2.75, 3.05) is 18.5 Å². The van der Waals surface area contributed by atoms with Crippen LogP contribution in [0.3, 0.4) is 0 Å². The van der Waals surface area contributed by atoms with Gasteiger partial charge in [-0.15, -0.1) is 0 Å². The fraction of sp³-hybridized carbons (Fsp3) is 0.105. The van der Waals surface area contributed by atoms with Crippen molar-refractivity contribution >= 4 is 33.6 Å². The lowest BCUT2D eigenvalue weighted by molar-refractivity contribution is -0.111. The van der Waals surface area contributed by atoms with Gasteiger partial charge in [0, 0.05) is 10.5 Å². The maximum Gasteiger partial charge on any atom is 0.248 e. The van der Waals surface area contributed by atoms with E-state index in [9.17, 15) is 4.79 Å². The first kappa shape index (κ1) is 17.3. The van der Waals surface area contributed by atoms with Gasteiger partial charge < -0.3 is 14.8 Å². The van der Waals surface area contributed by atoms with E-state index in [1.54, 1.807) is 17.1 Å². The third-order valence-electron chi connectivity index (χ3n) is 3.88. The second-order valence-electron chi connectivity index (χ2n) is 5.73. The van der Waals surface area contributed by atoms with Crippen molar-refractivity contribution in [1.29, 1.82) is 0 Å². The molecule has 0 unspecified atom stereocenters. The Labute approximate surface area is 163 Å². The molecule has 1 aromatic heterocycles. The molecule has 2 heterocycles. The molecule has 2 aromatic carbocycles. The Bertz CT molecular complexity index is 1000. The van der Waals surface area contributed by atoms with Crippen molar-refractivity contribution in [1.82, 2.24) is 14.8 Å². The van der Waals surface area contributed by atoms with Crippen molar-refractivity contribution in [3.8, 4) is 17.2 Å². The SMILES string of the molecule is O=C(/C=C/c1ccc2c(c1)OCCO2)Nc1cc(Br)ccc1-n1cncn1. The summed E-state index contributed by atoms with van der Waals surface area (Å²) in [5, 5.41) is 6.99. The number of rotatable bonds is 4. The number of benzene rings is 2. The monoisotopic (exact) mass is 426 g/mol. The molecule has 27 heavy (non-hydrogen) atoms. The number of hydrogen-bond donors (Lipinski definition) is 1. The normalized spacial score (nSPS) is 12.9. The van der Waals surface area contributed by atoms with Crippen LogP contribution in [0.4, 0.5) is 5.69 Å². The van der Waals surface area contributed by atoms with Crippen molar-refractivity contribution < 1.29 is 14.3 Å². The van der Waals surface area contributed by atoms with Crippen LogP contribution < -0.4 is 14.8 Å². The molecule has 0 radical (unpaired) electrons. The van der Waals surface area contributed by atoms with Gasteiger partial charge in [-0.3, -0.25) is 4.79 Å². The molecule has 0 aliphatic carbocycles. The van der Waals surface area contributed by atoms with Crippen LogP contribution in [0.2, 0.25) is 0 Å². The van der Waals surface area contributed by atoms with E-state index in [-0.39, 0.29) is 5.91 Å². The van der Waals surface area contributed by atoms with Gasteiger partial charge in [-0.25, -0.2) is 9.67 Å². The molecule has 0 fully saturated rings. The largest absolute Gasteiger partial charge is 0.486 e. The van der Waals surface area contributed by atoms with Gasteiger partial charge in [-0.05, 0) is 42.0 Å². The van der Waals surface area contributed by atoms with Crippen LogP contribution in [-0.2, 0) is 4.79 Å². The number of aromatic nitrogens is 3. The second-order valence-corrected chi connectivity index (χ2v) is 6.64. The number of amides is 1. The van der Waals surface area contributed by atoms with Gasteiger partial charge >= 0.3 is 0 Å². The Morgan fingerprint density at radius 3 is 2.81 bits per heavy atom. The van der Waals surface area contributed by atoms with E-state index in [0.717, 1.165) is 21.5 Å². The molecule has 1 amide bonds. The van der Waals surface area contributed by atoms with Gasteiger partial charge in [0.25, 0.3) is 0 Å². The molecule has 7 nitrogen and oxygen atoms in total. The van der Waals surface area contributed by atoms with Crippen molar-refractivity contribution in [3.05, 3.63) is 65.2 Å². The molecule has 0 bridgehead atoms. The van der Waals surface area contributed by atoms with Crippen LogP contribution in [0.15, 0.2) is 59.6 Å². The van der Waals surface area contributed by atoms with Crippen molar-refractivity contribution in [2.24, 2.45) is 0 Å². The molecule has 0 saturated heterocycles. The number of fused-ring (bicyclic) bond motifs is 1. The van der Waals surface area contributed by atoms with Crippen LogP contribution >= 0.6 is 15.9 Å². The zero-order valence-electron chi connectivity index (χ0n) is 14.1. The molecule has 4 rings (SSSR count). The Kier molecular flexibility index (Phi) is 4.88. The van der Waals surface area contributed by atoms with Crippen molar-refractivity contribution in [2.45, 2.75) is 0 Å². The Morgan fingerprint density at radius 1 is 1.15 bits per heavy atom. The molecular formula is C19H15BrN4O3. The van der Waals surface area contributed by atoms with Crippen LogP contribution in [0.1, 0.15) is 5.56 Å². The Hall–Kier alpha value is -3.13. The highest BCUT2D eigenvalue weighted by atomic mass is 79.9. The number of hydrogen-bond acceptors (Lipinski definition) is 5. The highest BCUT2D eigenvalue weighted by Crippen LogP contribution is 2.31. The van der Waals surface area contributed by atoms with Crippen LogP contribution in [-0.4, -0.2) is 33.9 Å². The number of nitrogens with one attached hydrogen (secondary N) is 1. The number of carbonyl (C=O) groups is 1. The lowest BCUT2D eigenvalue weighted by atomic mass is 10.1. The third kappa shape index (κ3) is 4.01. The summed E-state index contributed by atoms with van der Waals surface area (Å²) in [7, 11) is 0. The van der Waals surface area contributed by atoms with Crippen LogP contribution in [0.25, 0.3) is 11.8 Å². The predicted octanol–water partition coefficient (Wildman–Crippen LogP) is 3.45. The maximum atomic E-state index is 12.4. The second kappa shape index (κ2) is 7.63. The van der Waals surface area contributed by atoms with E-state index in [1.165, 1.54) is 12.4 Å². The van der Waals surface area contributed by atoms with E-state index in [4.69, 9.17) is 9.47 Å². The minimum Gasteiger partial charge on any atom is -0.486 e. The van der Waals surface area contributed by atoms with Crippen LogP contribution in [0, 0.1) is 0 Å². The van der Waals surface area contributed by atoms with Gasteiger partial charge in [-0.2, -0.15) is 5.10 Å². The summed E-state index contributed by atoms with van der Waals surface area (Å²) in [5.74, 6) is 1.14. The lowest BCUT2D eigenvalue weighted by Crippen LogP contribution is -2.15. The maximum absolute atomic E-state index is 12.4. The molecule has 1 aliphatic rings. The molecule has 3 aromatic rings. The molecule has 136 valence electrons. The minimum atomic E-state index is -0.260. The fourth-order valence-corrected chi connectivity index (χ4v) is 3.01. The van der Waals surface area contributed by atoms with Gasteiger partial charge in [-0.1, -0.05) is 22.0 Å². The zero-order valence-corrected chi connectivity index (χ0v) is 15.7. The average molecular weight is 427 g/mol. The highest BCUT2D eigenvalue weighted by Gasteiger charge is 2.11. The first-order chi connectivity index (χ1) is 13.2. The van der Waals surface area contributed by atoms with E-state index >= 15 is 0 Å². The standard InChI is InChI=1S/C19H15BrN4O3/c20-14-3-4-16(24-12-21-11-22-24)15(10-14)23-19(25)6-2-13-1-5-17-18(9-13)27-8-7-26-17/h1-6,9-12H,7-8H2,(H,23,25)/b6-2+. The molecule has 1 N–H and O–H groups in total. The molecule has 0 saturated carbocycles. The summed E-state index contributed by atoms with van der Waals surface area (Å²) in [5.41, 5.74) is 2.18. The van der Waals surface area contributed by atoms with E-state index in [0.29, 0.717) is 24.7 Å². The quantitative estimate of drug-likeness (QED) is 0.646. The number of anilines is 1. The van der Waals surface area contributed by atoms with Gasteiger partial charge in [0.05, 0.1) is 11.4 Å². The third-order valence-corrected chi connectivity index (χ3v) is 4.37. The first-order valence-corrected chi connectivity index (χ1v) is 9.01.